The number of carbonyl (C=O) groups excluding carboxylic acids is 1. The minimum absolute atomic E-state index is 0.0589. The van der Waals surface area contributed by atoms with Crippen LogP contribution in [-0.2, 0) is 4.79 Å². The summed E-state index contributed by atoms with van der Waals surface area (Å²) in [4.78, 5) is 14.3. The summed E-state index contributed by atoms with van der Waals surface area (Å²) in [7, 11) is 1.61. The molecule has 26 heavy (non-hydrogen) atoms. The third-order valence-electron chi connectivity index (χ3n) is 3.56. The lowest BCUT2D eigenvalue weighted by Crippen LogP contribution is -2.20. The Labute approximate surface area is 157 Å². The van der Waals surface area contributed by atoms with E-state index >= 15 is 0 Å². The lowest BCUT2D eigenvalue weighted by atomic mass is 10.3. The van der Waals surface area contributed by atoms with Crippen LogP contribution in [0.1, 0.15) is 0 Å². The molecule has 0 radical (unpaired) electrons. The van der Waals surface area contributed by atoms with Crippen molar-refractivity contribution in [2.24, 2.45) is 0 Å². The zero-order valence-corrected chi connectivity index (χ0v) is 15.2. The minimum atomic E-state index is -0.207. The molecule has 0 aliphatic heterocycles. The zero-order chi connectivity index (χ0) is 18.2. The number of benzene rings is 3. The first kappa shape index (κ1) is 17.9. The van der Waals surface area contributed by atoms with Gasteiger partial charge in [0.05, 0.1) is 12.8 Å². The molecule has 3 aromatic rings. The van der Waals surface area contributed by atoms with Crippen LogP contribution < -0.4 is 14.8 Å². The Morgan fingerprint density at radius 2 is 1.54 bits per heavy atom. The Kier molecular flexibility index (Phi) is 6.17. The van der Waals surface area contributed by atoms with Gasteiger partial charge < -0.3 is 14.8 Å². The van der Waals surface area contributed by atoms with Gasteiger partial charge >= 0.3 is 0 Å². The molecule has 0 aromatic heterocycles. The molecule has 132 valence electrons. The number of carbonyl (C=O) groups is 1. The summed E-state index contributed by atoms with van der Waals surface area (Å²) in [6, 6.07) is 24.9. The van der Waals surface area contributed by atoms with E-state index in [2.05, 4.69) is 5.32 Å². The molecule has 0 bridgehead atoms. The summed E-state index contributed by atoms with van der Waals surface area (Å²) in [6.07, 6.45) is 0. The van der Waals surface area contributed by atoms with Crippen LogP contribution in [0.15, 0.2) is 88.7 Å². The van der Waals surface area contributed by atoms with E-state index in [-0.39, 0.29) is 12.5 Å². The number of amides is 1. The highest BCUT2D eigenvalue weighted by molar-refractivity contribution is 7.99. The number of para-hydroxylation sites is 1. The van der Waals surface area contributed by atoms with E-state index < -0.39 is 0 Å². The van der Waals surface area contributed by atoms with Crippen LogP contribution in [0.3, 0.4) is 0 Å². The first-order valence-electron chi connectivity index (χ1n) is 8.13. The van der Waals surface area contributed by atoms with E-state index in [9.17, 15) is 4.79 Å². The van der Waals surface area contributed by atoms with Gasteiger partial charge in [0.1, 0.15) is 11.5 Å². The van der Waals surface area contributed by atoms with Crippen molar-refractivity contribution in [2.75, 3.05) is 19.0 Å². The fourth-order valence-corrected chi connectivity index (χ4v) is 3.20. The van der Waals surface area contributed by atoms with Crippen molar-refractivity contribution in [1.82, 2.24) is 0 Å². The Hall–Kier alpha value is -2.92. The molecule has 0 saturated carbocycles. The maximum Gasteiger partial charge on any atom is 0.262 e. The summed E-state index contributed by atoms with van der Waals surface area (Å²) in [5, 5.41) is 2.91. The highest BCUT2D eigenvalue weighted by Gasteiger charge is 2.09. The van der Waals surface area contributed by atoms with Gasteiger partial charge in [0.2, 0.25) is 0 Å². The number of rotatable bonds is 7. The number of anilines is 1. The van der Waals surface area contributed by atoms with Crippen LogP contribution >= 0.6 is 11.8 Å². The van der Waals surface area contributed by atoms with Crippen molar-refractivity contribution in [1.29, 1.82) is 0 Å². The maximum atomic E-state index is 12.2. The first-order valence-corrected chi connectivity index (χ1v) is 8.95. The first-order chi connectivity index (χ1) is 12.7. The second-order valence-corrected chi connectivity index (χ2v) is 6.54. The van der Waals surface area contributed by atoms with Crippen molar-refractivity contribution in [2.45, 2.75) is 9.79 Å². The Morgan fingerprint density at radius 3 is 2.27 bits per heavy atom. The number of ether oxygens (including phenoxy) is 2. The van der Waals surface area contributed by atoms with Crippen LogP contribution in [0.4, 0.5) is 5.69 Å². The van der Waals surface area contributed by atoms with Crippen molar-refractivity contribution < 1.29 is 14.3 Å². The van der Waals surface area contributed by atoms with Gasteiger partial charge in [-0.2, -0.15) is 0 Å². The predicted octanol–water partition coefficient (Wildman–Crippen LogP) is 4.86. The van der Waals surface area contributed by atoms with Gasteiger partial charge in [0, 0.05) is 9.79 Å². The van der Waals surface area contributed by atoms with Gasteiger partial charge in [-0.3, -0.25) is 4.79 Å². The Balaban J connectivity index is 1.60. The Morgan fingerprint density at radius 1 is 0.885 bits per heavy atom. The lowest BCUT2D eigenvalue weighted by molar-refractivity contribution is -0.118. The SMILES string of the molecule is COc1ccc(OCC(=O)Nc2ccccc2Sc2ccccc2)cc1. The summed E-state index contributed by atoms with van der Waals surface area (Å²) < 4.78 is 10.6. The fourth-order valence-electron chi connectivity index (χ4n) is 2.28. The summed E-state index contributed by atoms with van der Waals surface area (Å²) in [6.45, 7) is -0.0589. The molecule has 0 unspecified atom stereocenters. The topological polar surface area (TPSA) is 47.6 Å². The van der Waals surface area contributed by atoms with Gasteiger partial charge in [-0.25, -0.2) is 0 Å². The smallest absolute Gasteiger partial charge is 0.262 e. The number of hydrogen-bond donors (Lipinski definition) is 1. The molecule has 0 aliphatic carbocycles. The van der Waals surface area contributed by atoms with E-state index in [1.54, 1.807) is 43.1 Å². The van der Waals surface area contributed by atoms with Crippen LogP contribution in [0.5, 0.6) is 11.5 Å². The molecule has 1 N–H and O–H groups in total. The number of hydrogen-bond acceptors (Lipinski definition) is 4. The monoisotopic (exact) mass is 365 g/mol. The van der Waals surface area contributed by atoms with Gasteiger partial charge in [-0.15, -0.1) is 0 Å². The average Bonchev–Trinajstić information content (AvgIpc) is 2.69. The van der Waals surface area contributed by atoms with Crippen molar-refractivity contribution >= 4 is 23.4 Å². The molecule has 3 rings (SSSR count). The standard InChI is InChI=1S/C21H19NO3S/c1-24-16-11-13-17(14-12-16)25-15-21(23)22-19-9-5-6-10-20(19)26-18-7-3-2-4-8-18/h2-14H,15H2,1H3,(H,22,23). The molecule has 0 saturated heterocycles. The zero-order valence-electron chi connectivity index (χ0n) is 14.3. The van der Waals surface area contributed by atoms with Crippen LogP contribution in [0, 0.1) is 0 Å². The molecule has 4 nitrogen and oxygen atoms in total. The average molecular weight is 365 g/mol. The summed E-state index contributed by atoms with van der Waals surface area (Å²) in [5.74, 6) is 1.16. The van der Waals surface area contributed by atoms with Crippen molar-refractivity contribution in [3.8, 4) is 11.5 Å². The molecular formula is C21H19NO3S. The largest absolute Gasteiger partial charge is 0.497 e. The number of nitrogens with one attached hydrogen (secondary N) is 1. The van der Waals surface area contributed by atoms with E-state index in [4.69, 9.17) is 9.47 Å². The third kappa shape index (κ3) is 5.04. The van der Waals surface area contributed by atoms with E-state index in [1.807, 2.05) is 54.6 Å². The highest BCUT2D eigenvalue weighted by atomic mass is 32.2. The highest BCUT2D eigenvalue weighted by Crippen LogP contribution is 2.33. The van der Waals surface area contributed by atoms with E-state index in [0.29, 0.717) is 5.75 Å². The maximum absolute atomic E-state index is 12.2. The quantitative estimate of drug-likeness (QED) is 0.649. The van der Waals surface area contributed by atoms with Crippen molar-refractivity contribution in [3.05, 3.63) is 78.9 Å². The molecular weight excluding hydrogens is 346 g/mol. The second-order valence-electron chi connectivity index (χ2n) is 5.42. The Bertz CT molecular complexity index is 851. The van der Waals surface area contributed by atoms with Crippen LogP contribution in [0.2, 0.25) is 0 Å². The van der Waals surface area contributed by atoms with Gasteiger partial charge in [0.15, 0.2) is 6.61 Å². The number of methoxy groups -OCH3 is 1. The predicted molar refractivity (Wildman–Crippen MR) is 104 cm³/mol. The molecule has 0 atom stereocenters. The van der Waals surface area contributed by atoms with Crippen LogP contribution in [-0.4, -0.2) is 19.6 Å². The molecule has 0 spiro atoms. The summed E-state index contributed by atoms with van der Waals surface area (Å²) in [5.41, 5.74) is 0.768. The van der Waals surface area contributed by atoms with E-state index in [0.717, 1.165) is 21.2 Å². The minimum Gasteiger partial charge on any atom is -0.497 e. The molecule has 0 heterocycles. The van der Waals surface area contributed by atoms with Gasteiger partial charge in [-0.05, 0) is 48.5 Å². The van der Waals surface area contributed by atoms with Gasteiger partial charge in [-0.1, -0.05) is 42.1 Å². The van der Waals surface area contributed by atoms with Crippen LogP contribution in [0.25, 0.3) is 0 Å². The normalized spacial score (nSPS) is 10.2. The fraction of sp³-hybridized carbons (Fsp3) is 0.0952. The molecule has 3 aromatic carbocycles. The molecule has 0 aliphatic rings. The summed E-state index contributed by atoms with van der Waals surface area (Å²) >= 11 is 1.61. The van der Waals surface area contributed by atoms with E-state index in [1.165, 1.54) is 0 Å². The molecule has 1 amide bonds. The molecule has 0 fully saturated rings. The second kappa shape index (κ2) is 8.97. The van der Waals surface area contributed by atoms with Gasteiger partial charge in [0.25, 0.3) is 5.91 Å². The lowest BCUT2D eigenvalue weighted by Gasteiger charge is -2.11. The van der Waals surface area contributed by atoms with Crippen molar-refractivity contribution in [3.63, 3.8) is 0 Å². The molecule has 5 heteroatoms. The third-order valence-corrected chi connectivity index (χ3v) is 4.65.